The van der Waals surface area contributed by atoms with Gasteiger partial charge in [0.1, 0.15) is 5.52 Å². The summed E-state index contributed by atoms with van der Waals surface area (Å²) in [7, 11) is 0. The third-order valence-corrected chi connectivity index (χ3v) is 3.41. The number of rotatable bonds is 4. The monoisotopic (exact) mass is 313 g/mol. The molecule has 2 aromatic rings. The molecule has 0 spiro atoms. The second-order valence-corrected chi connectivity index (χ2v) is 5.24. The van der Waals surface area contributed by atoms with E-state index in [1.807, 2.05) is 12.1 Å². The van der Waals surface area contributed by atoms with Crippen LogP contribution in [0.3, 0.4) is 0 Å². The van der Waals surface area contributed by atoms with Gasteiger partial charge in [0.2, 0.25) is 0 Å². The Balaban J connectivity index is 2.28. The van der Waals surface area contributed by atoms with Crippen LogP contribution in [0.2, 0.25) is 0 Å². The van der Waals surface area contributed by atoms with Gasteiger partial charge in [0.05, 0.1) is 11.2 Å². The second-order valence-electron chi connectivity index (χ2n) is 4.02. The summed E-state index contributed by atoms with van der Waals surface area (Å²) in [5.74, 6) is 1.07. The lowest BCUT2D eigenvalue weighted by molar-refractivity contribution is 0.697. The molecule has 0 amide bonds. The third-order valence-electron chi connectivity index (χ3n) is 2.45. The molecule has 2 aromatic heterocycles. The fraction of sp³-hybridized carbons (Fsp3) is 0.333. The summed E-state index contributed by atoms with van der Waals surface area (Å²) in [6, 6.07) is 3.89. The minimum atomic E-state index is 0.426. The summed E-state index contributed by atoms with van der Waals surface area (Å²) in [5, 5.41) is 3.36. The summed E-state index contributed by atoms with van der Waals surface area (Å²) in [4.78, 5) is 8.67. The average molecular weight is 315 g/mol. The highest BCUT2D eigenvalue weighted by molar-refractivity contribution is 9.10. The minimum absolute atomic E-state index is 0.426. The highest BCUT2D eigenvalue weighted by atomic mass is 79.9. The van der Waals surface area contributed by atoms with Crippen LogP contribution in [0.15, 0.2) is 29.0 Å². The molecule has 0 aromatic carbocycles. The van der Waals surface area contributed by atoms with Gasteiger partial charge in [0.25, 0.3) is 0 Å². The largest absolute Gasteiger partial charge is 0.383 e. The van der Waals surface area contributed by atoms with E-state index >= 15 is 0 Å². The van der Waals surface area contributed by atoms with Crippen LogP contribution in [-0.2, 0) is 0 Å². The number of alkyl halides is 1. The molecule has 5 heteroatoms. The fourth-order valence-corrected chi connectivity index (χ4v) is 1.92. The van der Waals surface area contributed by atoms with Gasteiger partial charge in [0, 0.05) is 29.3 Å². The Kier molecular flexibility index (Phi) is 4.18. The molecule has 0 saturated carbocycles. The Bertz CT molecular complexity index is 518. The number of nitrogens with one attached hydrogen (secondary N) is 1. The molecular weight excluding hydrogens is 302 g/mol. The van der Waals surface area contributed by atoms with E-state index in [9.17, 15) is 0 Å². The van der Waals surface area contributed by atoms with E-state index in [-0.39, 0.29) is 0 Å². The van der Waals surface area contributed by atoms with Gasteiger partial charge in [0.15, 0.2) is 0 Å². The van der Waals surface area contributed by atoms with Gasteiger partial charge in [-0.05, 0) is 34.0 Å². The van der Waals surface area contributed by atoms with E-state index < -0.39 is 0 Å². The van der Waals surface area contributed by atoms with Gasteiger partial charge >= 0.3 is 0 Å². The molecule has 0 radical (unpaired) electrons. The molecular formula is C12H13BrClN3. The van der Waals surface area contributed by atoms with Crippen molar-refractivity contribution in [2.75, 3.05) is 17.7 Å². The zero-order valence-electron chi connectivity index (χ0n) is 9.45. The Labute approximate surface area is 114 Å². The smallest absolute Gasteiger partial charge is 0.112 e. The number of halogens is 2. The molecule has 1 atom stereocenters. The molecule has 0 aliphatic carbocycles. The first-order chi connectivity index (χ1) is 8.20. The molecule has 3 nitrogen and oxygen atoms in total. The van der Waals surface area contributed by atoms with Crippen LogP contribution in [0.25, 0.3) is 11.0 Å². The number of anilines is 1. The van der Waals surface area contributed by atoms with Crippen LogP contribution in [0.5, 0.6) is 0 Å². The standard InChI is InChI=1S/C12H13BrClN3/c1-8(5-14)6-16-10-2-3-15-11-4-9(13)7-17-12(10)11/h2-4,7-8H,5-6H2,1H3,(H,15,16). The molecule has 1 N–H and O–H groups in total. The average Bonchev–Trinajstić information content (AvgIpc) is 2.35. The van der Waals surface area contributed by atoms with Crippen molar-refractivity contribution in [2.45, 2.75) is 6.92 Å². The maximum absolute atomic E-state index is 5.78. The van der Waals surface area contributed by atoms with Crippen LogP contribution in [0, 0.1) is 5.92 Å². The Morgan fingerprint density at radius 2 is 2.29 bits per heavy atom. The fourth-order valence-electron chi connectivity index (χ4n) is 1.49. The molecule has 2 heterocycles. The molecule has 90 valence electrons. The first-order valence-corrected chi connectivity index (χ1v) is 6.73. The number of pyridine rings is 2. The Morgan fingerprint density at radius 1 is 1.47 bits per heavy atom. The summed E-state index contributed by atoms with van der Waals surface area (Å²) < 4.78 is 0.934. The topological polar surface area (TPSA) is 37.8 Å². The van der Waals surface area contributed by atoms with Crippen molar-refractivity contribution in [2.24, 2.45) is 5.92 Å². The normalized spacial score (nSPS) is 12.6. The van der Waals surface area contributed by atoms with E-state index in [1.165, 1.54) is 0 Å². The quantitative estimate of drug-likeness (QED) is 0.875. The van der Waals surface area contributed by atoms with Crippen LogP contribution < -0.4 is 5.32 Å². The van der Waals surface area contributed by atoms with Crippen LogP contribution in [0.1, 0.15) is 6.92 Å². The van der Waals surface area contributed by atoms with Gasteiger partial charge < -0.3 is 5.32 Å². The molecule has 17 heavy (non-hydrogen) atoms. The van der Waals surface area contributed by atoms with Crippen molar-refractivity contribution in [3.05, 3.63) is 29.0 Å². The van der Waals surface area contributed by atoms with Crippen LogP contribution in [-0.4, -0.2) is 22.4 Å². The maximum atomic E-state index is 5.78. The van der Waals surface area contributed by atoms with Crippen molar-refractivity contribution < 1.29 is 0 Å². The first-order valence-electron chi connectivity index (χ1n) is 5.41. The van der Waals surface area contributed by atoms with Crippen molar-refractivity contribution in [3.63, 3.8) is 0 Å². The number of aromatic nitrogens is 2. The molecule has 0 fully saturated rings. The summed E-state index contributed by atoms with van der Waals surface area (Å²) in [6.45, 7) is 2.94. The molecule has 0 aliphatic rings. The highest BCUT2D eigenvalue weighted by Gasteiger charge is 2.05. The zero-order chi connectivity index (χ0) is 12.3. The molecule has 0 aliphatic heterocycles. The maximum Gasteiger partial charge on any atom is 0.112 e. The lowest BCUT2D eigenvalue weighted by Crippen LogP contribution is -2.12. The van der Waals surface area contributed by atoms with Crippen LogP contribution in [0.4, 0.5) is 5.69 Å². The summed E-state index contributed by atoms with van der Waals surface area (Å²) in [6.07, 6.45) is 3.56. The number of hydrogen-bond donors (Lipinski definition) is 1. The number of fused-ring (bicyclic) bond motifs is 1. The van der Waals surface area contributed by atoms with Crippen LogP contribution >= 0.6 is 27.5 Å². The van der Waals surface area contributed by atoms with Crippen molar-refractivity contribution in [1.29, 1.82) is 0 Å². The van der Waals surface area contributed by atoms with E-state index in [1.54, 1.807) is 12.4 Å². The minimum Gasteiger partial charge on any atom is -0.383 e. The van der Waals surface area contributed by atoms with Gasteiger partial charge in [-0.3, -0.25) is 9.97 Å². The Morgan fingerprint density at radius 3 is 3.06 bits per heavy atom. The number of hydrogen-bond acceptors (Lipinski definition) is 3. The van der Waals surface area contributed by atoms with E-state index in [0.29, 0.717) is 11.8 Å². The Hall–Kier alpha value is -0.870. The first kappa shape index (κ1) is 12.6. The van der Waals surface area contributed by atoms with E-state index in [4.69, 9.17) is 11.6 Å². The molecule has 2 rings (SSSR count). The van der Waals surface area contributed by atoms with Crippen molar-refractivity contribution in [1.82, 2.24) is 9.97 Å². The van der Waals surface area contributed by atoms with Crippen molar-refractivity contribution >= 4 is 44.3 Å². The van der Waals surface area contributed by atoms with Crippen molar-refractivity contribution in [3.8, 4) is 0 Å². The predicted octanol–water partition coefficient (Wildman–Crippen LogP) is 3.68. The summed E-state index contributed by atoms with van der Waals surface area (Å²) in [5.41, 5.74) is 2.76. The van der Waals surface area contributed by atoms with Gasteiger partial charge in [-0.2, -0.15) is 0 Å². The predicted molar refractivity (Wildman–Crippen MR) is 75.6 cm³/mol. The van der Waals surface area contributed by atoms with E-state index in [2.05, 4.69) is 38.1 Å². The lowest BCUT2D eigenvalue weighted by Gasteiger charge is -2.11. The number of nitrogens with zero attached hydrogens (tertiary/aromatic N) is 2. The molecule has 1 unspecified atom stereocenters. The zero-order valence-corrected chi connectivity index (χ0v) is 11.8. The van der Waals surface area contributed by atoms with E-state index in [0.717, 1.165) is 27.7 Å². The lowest BCUT2D eigenvalue weighted by atomic mass is 10.2. The highest BCUT2D eigenvalue weighted by Crippen LogP contribution is 2.22. The third kappa shape index (κ3) is 3.07. The summed E-state index contributed by atoms with van der Waals surface area (Å²) >= 11 is 9.17. The van der Waals surface area contributed by atoms with Gasteiger partial charge in [-0.25, -0.2) is 0 Å². The molecule has 0 bridgehead atoms. The second kappa shape index (κ2) is 5.65. The van der Waals surface area contributed by atoms with Gasteiger partial charge in [-0.15, -0.1) is 11.6 Å². The van der Waals surface area contributed by atoms with Gasteiger partial charge in [-0.1, -0.05) is 6.92 Å². The molecule has 0 saturated heterocycles. The SMILES string of the molecule is CC(CCl)CNc1ccnc2cc(Br)cnc12.